The topological polar surface area (TPSA) is 88.2 Å². The molecule has 0 aliphatic carbocycles. The van der Waals surface area contributed by atoms with Crippen molar-refractivity contribution in [3.8, 4) is 5.75 Å². The molecule has 0 aliphatic heterocycles. The summed E-state index contributed by atoms with van der Waals surface area (Å²) in [5, 5.41) is 8.59. The maximum absolute atomic E-state index is 12.0. The third kappa shape index (κ3) is 4.08. The van der Waals surface area contributed by atoms with Crippen LogP contribution in [-0.2, 0) is 4.79 Å². The Bertz CT molecular complexity index is 660. The Kier molecular flexibility index (Phi) is 5.13. The maximum Gasteiger partial charge on any atom is 0.243 e. The van der Waals surface area contributed by atoms with E-state index in [2.05, 4.69) is 25.9 Å². The number of amides is 1. The molecule has 0 aliphatic rings. The van der Waals surface area contributed by atoms with Gasteiger partial charge >= 0.3 is 0 Å². The summed E-state index contributed by atoms with van der Waals surface area (Å²) in [5.74, 6) is 1.48. The first-order valence-electron chi connectivity index (χ1n) is 6.81. The molecule has 0 unspecified atom stereocenters. The molecule has 116 valence electrons. The Morgan fingerprint density at radius 2 is 2.14 bits per heavy atom. The lowest BCUT2D eigenvalue weighted by Crippen LogP contribution is -2.23. The van der Waals surface area contributed by atoms with Crippen LogP contribution in [0.1, 0.15) is 5.56 Å². The number of carbonyl (C=O) groups is 1. The molecule has 0 atom stereocenters. The average Bonchev–Trinajstić information content (AvgIpc) is 2.53. The molecule has 2 aromatic rings. The summed E-state index contributed by atoms with van der Waals surface area (Å²) in [6, 6.07) is 7.33. The zero-order chi connectivity index (χ0) is 15.9. The molecule has 0 radical (unpaired) electrons. The van der Waals surface area contributed by atoms with E-state index >= 15 is 0 Å². The predicted octanol–water partition coefficient (Wildman–Crippen LogP) is 1.89. The van der Waals surface area contributed by atoms with Crippen LogP contribution < -0.4 is 20.7 Å². The third-order valence-corrected chi connectivity index (χ3v) is 2.95. The van der Waals surface area contributed by atoms with Gasteiger partial charge in [-0.3, -0.25) is 4.79 Å². The molecule has 22 heavy (non-hydrogen) atoms. The quantitative estimate of drug-likeness (QED) is 0.755. The van der Waals surface area contributed by atoms with Gasteiger partial charge in [-0.2, -0.15) is 4.98 Å². The van der Waals surface area contributed by atoms with Gasteiger partial charge in [0.2, 0.25) is 11.9 Å². The first-order chi connectivity index (χ1) is 10.6. The molecule has 7 heteroatoms. The fraction of sp³-hybridized carbons (Fsp3) is 0.267. The normalized spacial score (nSPS) is 9.95. The molecule has 1 amide bonds. The number of methoxy groups -OCH3 is 1. The molecular weight excluding hydrogens is 282 g/mol. The first kappa shape index (κ1) is 15.6. The fourth-order valence-corrected chi connectivity index (χ4v) is 1.86. The minimum Gasteiger partial charge on any atom is -0.495 e. The number of ether oxygens (including phenoxy) is 1. The summed E-state index contributed by atoms with van der Waals surface area (Å²) in [5.41, 5.74) is 1.67. The van der Waals surface area contributed by atoms with Crippen LogP contribution in [0.15, 0.2) is 30.5 Å². The summed E-state index contributed by atoms with van der Waals surface area (Å²) in [6.45, 7) is 2.01. The van der Waals surface area contributed by atoms with Crippen molar-refractivity contribution in [3.05, 3.63) is 36.0 Å². The van der Waals surface area contributed by atoms with Gasteiger partial charge in [0.15, 0.2) is 0 Å². The van der Waals surface area contributed by atoms with Gasteiger partial charge in [0.1, 0.15) is 11.6 Å². The number of nitrogens with one attached hydrogen (secondary N) is 3. The Morgan fingerprint density at radius 3 is 2.86 bits per heavy atom. The second-order valence-electron chi connectivity index (χ2n) is 4.62. The van der Waals surface area contributed by atoms with Crippen LogP contribution in [0.3, 0.4) is 0 Å². The summed E-state index contributed by atoms with van der Waals surface area (Å²) < 4.78 is 5.23. The number of benzene rings is 1. The minimum atomic E-state index is -0.206. The van der Waals surface area contributed by atoms with Crippen molar-refractivity contribution in [1.82, 2.24) is 9.97 Å². The van der Waals surface area contributed by atoms with E-state index in [-0.39, 0.29) is 12.5 Å². The zero-order valence-electron chi connectivity index (χ0n) is 12.8. The van der Waals surface area contributed by atoms with Crippen molar-refractivity contribution < 1.29 is 9.53 Å². The van der Waals surface area contributed by atoms with Gasteiger partial charge in [-0.25, -0.2) is 4.98 Å². The van der Waals surface area contributed by atoms with Crippen LogP contribution in [0.25, 0.3) is 0 Å². The van der Waals surface area contributed by atoms with Crippen molar-refractivity contribution in [2.24, 2.45) is 0 Å². The molecule has 0 spiro atoms. The number of anilines is 3. The number of aromatic nitrogens is 2. The van der Waals surface area contributed by atoms with E-state index in [1.807, 2.05) is 25.1 Å². The summed E-state index contributed by atoms with van der Waals surface area (Å²) in [7, 11) is 3.33. The van der Waals surface area contributed by atoms with Gasteiger partial charge in [-0.05, 0) is 30.7 Å². The molecule has 0 saturated heterocycles. The Hall–Kier alpha value is -2.83. The van der Waals surface area contributed by atoms with Crippen molar-refractivity contribution in [2.75, 3.05) is 36.7 Å². The van der Waals surface area contributed by atoms with Gasteiger partial charge in [-0.1, -0.05) is 6.07 Å². The zero-order valence-corrected chi connectivity index (χ0v) is 12.8. The summed E-state index contributed by atoms with van der Waals surface area (Å²) in [4.78, 5) is 20.2. The van der Waals surface area contributed by atoms with Gasteiger partial charge in [-0.15, -0.1) is 0 Å². The van der Waals surface area contributed by atoms with Crippen LogP contribution in [0.2, 0.25) is 0 Å². The molecule has 0 bridgehead atoms. The highest BCUT2D eigenvalue weighted by atomic mass is 16.5. The summed E-state index contributed by atoms with van der Waals surface area (Å²) >= 11 is 0. The van der Waals surface area contributed by atoms with Crippen LogP contribution in [-0.4, -0.2) is 36.6 Å². The lowest BCUT2D eigenvalue weighted by molar-refractivity contribution is -0.114. The van der Waals surface area contributed by atoms with E-state index in [0.29, 0.717) is 23.2 Å². The number of hydrogen-bond donors (Lipinski definition) is 3. The largest absolute Gasteiger partial charge is 0.495 e. The monoisotopic (exact) mass is 301 g/mol. The minimum absolute atomic E-state index is 0.0598. The number of aryl methyl sites for hydroxylation is 1. The Morgan fingerprint density at radius 1 is 1.32 bits per heavy atom. The van der Waals surface area contributed by atoms with Crippen LogP contribution in [0, 0.1) is 6.92 Å². The number of carbonyl (C=O) groups excluding carboxylic acids is 1. The highest BCUT2D eigenvalue weighted by molar-refractivity contribution is 5.95. The standard InChI is InChI=1S/C15H19N5O2/c1-10-4-5-12(22-3)11(8-10)19-14(21)9-18-15-17-7-6-13(16-2)20-15/h4-8H,9H2,1-3H3,(H,19,21)(H2,16,17,18,20). The fourth-order valence-electron chi connectivity index (χ4n) is 1.86. The number of rotatable bonds is 6. The number of nitrogens with zero attached hydrogens (tertiary/aromatic N) is 2. The molecule has 7 nitrogen and oxygen atoms in total. The molecule has 2 rings (SSSR count). The van der Waals surface area contributed by atoms with E-state index < -0.39 is 0 Å². The molecule has 1 heterocycles. The van der Waals surface area contributed by atoms with Crippen LogP contribution in [0.4, 0.5) is 17.5 Å². The first-order valence-corrected chi connectivity index (χ1v) is 6.81. The molecule has 3 N–H and O–H groups in total. The van der Waals surface area contributed by atoms with Crippen LogP contribution in [0.5, 0.6) is 5.75 Å². The van der Waals surface area contributed by atoms with E-state index in [4.69, 9.17) is 4.74 Å². The van der Waals surface area contributed by atoms with E-state index in [0.717, 1.165) is 5.56 Å². The highest BCUT2D eigenvalue weighted by Crippen LogP contribution is 2.24. The van der Waals surface area contributed by atoms with Gasteiger partial charge < -0.3 is 20.7 Å². The second-order valence-corrected chi connectivity index (χ2v) is 4.62. The van der Waals surface area contributed by atoms with E-state index in [9.17, 15) is 4.79 Å². The van der Waals surface area contributed by atoms with Crippen LogP contribution >= 0.6 is 0 Å². The molecule has 1 aromatic carbocycles. The Balaban J connectivity index is 1.97. The maximum atomic E-state index is 12.0. The highest BCUT2D eigenvalue weighted by Gasteiger charge is 2.08. The van der Waals surface area contributed by atoms with Crippen molar-refractivity contribution >= 4 is 23.4 Å². The lowest BCUT2D eigenvalue weighted by Gasteiger charge is -2.11. The van der Waals surface area contributed by atoms with Gasteiger partial charge in [0.25, 0.3) is 0 Å². The summed E-state index contributed by atoms with van der Waals surface area (Å²) in [6.07, 6.45) is 1.61. The number of hydrogen-bond acceptors (Lipinski definition) is 6. The average molecular weight is 301 g/mol. The van der Waals surface area contributed by atoms with Crippen molar-refractivity contribution in [3.63, 3.8) is 0 Å². The Labute approximate surface area is 129 Å². The SMILES string of the molecule is CNc1ccnc(NCC(=O)Nc2cc(C)ccc2OC)n1. The van der Waals surface area contributed by atoms with E-state index in [1.54, 1.807) is 26.4 Å². The van der Waals surface area contributed by atoms with Gasteiger partial charge in [0, 0.05) is 13.2 Å². The predicted molar refractivity (Wildman–Crippen MR) is 86.4 cm³/mol. The molecule has 0 fully saturated rings. The lowest BCUT2D eigenvalue weighted by atomic mass is 10.2. The molecular formula is C15H19N5O2. The second kappa shape index (κ2) is 7.26. The third-order valence-electron chi connectivity index (χ3n) is 2.95. The van der Waals surface area contributed by atoms with Crippen molar-refractivity contribution in [1.29, 1.82) is 0 Å². The van der Waals surface area contributed by atoms with E-state index in [1.165, 1.54) is 0 Å². The molecule has 1 aromatic heterocycles. The van der Waals surface area contributed by atoms with Gasteiger partial charge in [0.05, 0.1) is 19.3 Å². The molecule has 0 saturated carbocycles. The smallest absolute Gasteiger partial charge is 0.243 e. The van der Waals surface area contributed by atoms with Crippen molar-refractivity contribution in [2.45, 2.75) is 6.92 Å².